The Morgan fingerprint density at radius 3 is 2.35 bits per heavy atom. The highest BCUT2D eigenvalue weighted by molar-refractivity contribution is 5.46. The number of anilines is 1. The number of phenols is 1. The Kier molecular flexibility index (Phi) is 4.64. The maximum atomic E-state index is 9.95. The molecule has 0 aliphatic carbocycles. The molecule has 0 atom stereocenters. The summed E-state index contributed by atoms with van der Waals surface area (Å²) >= 11 is 0. The maximum Gasteiger partial charge on any atom is 0.122 e. The quantitative estimate of drug-likeness (QED) is 0.876. The molecular weight excluding hydrogens is 248 g/mol. The van der Waals surface area contributed by atoms with E-state index in [-0.39, 0.29) is 0 Å². The topological polar surface area (TPSA) is 35.5 Å². The lowest BCUT2D eigenvalue weighted by Gasteiger charge is -2.13. The third kappa shape index (κ3) is 3.52. The molecule has 0 saturated carbocycles. The third-order valence-electron chi connectivity index (χ3n) is 3.42. The van der Waals surface area contributed by atoms with Crippen LogP contribution in [-0.4, -0.2) is 19.2 Å². The van der Waals surface area contributed by atoms with Crippen molar-refractivity contribution in [3.05, 3.63) is 59.2 Å². The highest BCUT2D eigenvalue weighted by Gasteiger charge is 2.03. The number of para-hydroxylation sites is 1. The summed E-state index contributed by atoms with van der Waals surface area (Å²) in [5, 5.41) is 13.3. The van der Waals surface area contributed by atoms with Gasteiger partial charge in [-0.2, -0.15) is 0 Å². The van der Waals surface area contributed by atoms with Crippen molar-refractivity contribution < 1.29 is 5.11 Å². The number of phenolic OH excluding ortho intramolecular Hbond substituents is 1. The van der Waals surface area contributed by atoms with Crippen LogP contribution >= 0.6 is 0 Å². The summed E-state index contributed by atoms with van der Waals surface area (Å²) in [5.41, 5.74) is 4.29. The summed E-state index contributed by atoms with van der Waals surface area (Å²) in [7, 11) is 4.07. The van der Waals surface area contributed by atoms with Crippen LogP contribution in [0.2, 0.25) is 0 Å². The fourth-order valence-corrected chi connectivity index (χ4v) is 2.12. The van der Waals surface area contributed by atoms with Gasteiger partial charge >= 0.3 is 0 Å². The van der Waals surface area contributed by atoms with Gasteiger partial charge in [0.1, 0.15) is 5.75 Å². The predicted octanol–water partition coefficient (Wildman–Crippen LogP) is 3.06. The summed E-state index contributed by atoms with van der Waals surface area (Å²) in [5.74, 6) is 0.392. The van der Waals surface area contributed by atoms with E-state index in [0.717, 1.165) is 17.7 Å². The third-order valence-corrected chi connectivity index (χ3v) is 3.42. The second-order valence-electron chi connectivity index (χ2n) is 5.25. The van der Waals surface area contributed by atoms with Crippen molar-refractivity contribution in [3.8, 4) is 5.75 Å². The van der Waals surface area contributed by atoms with Gasteiger partial charge in [0.25, 0.3) is 0 Å². The van der Waals surface area contributed by atoms with E-state index in [0.29, 0.717) is 12.3 Å². The molecule has 0 saturated heterocycles. The van der Waals surface area contributed by atoms with E-state index in [2.05, 4.69) is 34.5 Å². The molecule has 2 rings (SSSR count). The Labute approximate surface area is 120 Å². The Morgan fingerprint density at radius 2 is 1.70 bits per heavy atom. The average molecular weight is 270 g/mol. The Bertz CT molecular complexity index is 562. The summed E-state index contributed by atoms with van der Waals surface area (Å²) in [6.45, 7) is 3.38. The predicted molar refractivity (Wildman–Crippen MR) is 84.2 cm³/mol. The largest absolute Gasteiger partial charge is 0.507 e. The van der Waals surface area contributed by atoms with E-state index in [1.165, 1.54) is 11.3 Å². The second kappa shape index (κ2) is 6.44. The van der Waals surface area contributed by atoms with Crippen LogP contribution in [0.3, 0.4) is 0 Å². The van der Waals surface area contributed by atoms with Gasteiger partial charge in [-0.3, -0.25) is 0 Å². The van der Waals surface area contributed by atoms with Gasteiger partial charge in [0.05, 0.1) is 0 Å². The minimum absolute atomic E-state index is 0.392. The lowest BCUT2D eigenvalue weighted by molar-refractivity contribution is 0.460. The fraction of sp³-hybridized carbons (Fsp3) is 0.294. The molecule has 0 bridgehead atoms. The van der Waals surface area contributed by atoms with Gasteiger partial charge in [0.2, 0.25) is 0 Å². The molecule has 0 unspecified atom stereocenters. The number of rotatable bonds is 5. The summed E-state index contributed by atoms with van der Waals surface area (Å²) in [6.07, 6.45) is 0. The van der Waals surface area contributed by atoms with E-state index in [1.54, 1.807) is 0 Å². The Hall–Kier alpha value is -2.00. The first kappa shape index (κ1) is 14.4. The van der Waals surface area contributed by atoms with Gasteiger partial charge in [-0.15, -0.1) is 0 Å². The van der Waals surface area contributed by atoms with Gasteiger partial charge in [0.15, 0.2) is 0 Å². The van der Waals surface area contributed by atoms with Crippen LogP contribution in [0.1, 0.15) is 16.7 Å². The van der Waals surface area contributed by atoms with Crippen LogP contribution in [0, 0.1) is 6.92 Å². The monoisotopic (exact) mass is 270 g/mol. The van der Waals surface area contributed by atoms with E-state index in [9.17, 15) is 5.11 Å². The second-order valence-corrected chi connectivity index (χ2v) is 5.25. The first-order valence-corrected chi connectivity index (χ1v) is 6.82. The zero-order valence-corrected chi connectivity index (χ0v) is 12.4. The van der Waals surface area contributed by atoms with Crippen LogP contribution in [-0.2, 0) is 13.1 Å². The fourth-order valence-electron chi connectivity index (χ4n) is 2.12. The number of nitrogens with one attached hydrogen (secondary N) is 1. The summed E-state index contributed by atoms with van der Waals surface area (Å²) in [4.78, 5) is 2.09. The number of nitrogens with zero attached hydrogens (tertiary/aromatic N) is 1. The van der Waals surface area contributed by atoms with Crippen LogP contribution in [0.4, 0.5) is 5.69 Å². The van der Waals surface area contributed by atoms with Crippen molar-refractivity contribution in [3.63, 3.8) is 0 Å². The Morgan fingerprint density at radius 1 is 1.00 bits per heavy atom. The lowest BCUT2D eigenvalue weighted by Crippen LogP contribution is -2.13. The van der Waals surface area contributed by atoms with E-state index in [4.69, 9.17) is 0 Å². The molecule has 0 heterocycles. The molecule has 0 aromatic heterocycles. The van der Waals surface area contributed by atoms with E-state index < -0.39 is 0 Å². The van der Waals surface area contributed by atoms with Crippen LogP contribution in [0.15, 0.2) is 42.5 Å². The lowest BCUT2D eigenvalue weighted by atomic mass is 10.1. The minimum Gasteiger partial charge on any atom is -0.507 e. The van der Waals surface area contributed by atoms with E-state index >= 15 is 0 Å². The van der Waals surface area contributed by atoms with Crippen LogP contribution in [0.25, 0.3) is 0 Å². The van der Waals surface area contributed by atoms with Crippen molar-refractivity contribution in [2.24, 2.45) is 0 Å². The molecule has 2 aromatic rings. The molecule has 0 aliphatic rings. The molecule has 0 radical (unpaired) electrons. The number of hydrogen-bond acceptors (Lipinski definition) is 3. The van der Waals surface area contributed by atoms with E-state index in [1.807, 2.05) is 39.2 Å². The number of aryl methyl sites for hydroxylation is 1. The highest BCUT2D eigenvalue weighted by atomic mass is 16.3. The smallest absolute Gasteiger partial charge is 0.122 e. The number of hydrogen-bond donors (Lipinski definition) is 2. The first-order chi connectivity index (χ1) is 9.58. The maximum absolute atomic E-state index is 9.95. The van der Waals surface area contributed by atoms with Crippen molar-refractivity contribution in [1.29, 1.82) is 0 Å². The molecule has 0 aliphatic heterocycles. The first-order valence-electron chi connectivity index (χ1n) is 6.82. The molecule has 3 nitrogen and oxygen atoms in total. The van der Waals surface area contributed by atoms with Gasteiger partial charge in [0, 0.05) is 38.4 Å². The van der Waals surface area contributed by atoms with Crippen molar-refractivity contribution in [2.75, 3.05) is 19.0 Å². The van der Waals surface area contributed by atoms with Crippen LogP contribution in [0.5, 0.6) is 5.75 Å². The zero-order chi connectivity index (χ0) is 14.5. The Balaban J connectivity index is 1.91. The summed E-state index contributed by atoms with van der Waals surface area (Å²) < 4.78 is 0. The summed E-state index contributed by atoms with van der Waals surface area (Å²) in [6, 6.07) is 14.3. The van der Waals surface area contributed by atoms with Crippen molar-refractivity contribution >= 4 is 5.69 Å². The standard InChI is InChI=1S/C17H22N2O/c1-13-5-4-6-15(17(13)20)12-18-11-14-7-9-16(10-8-14)19(2)3/h4-10,18,20H,11-12H2,1-3H3. The van der Waals surface area contributed by atoms with Gasteiger partial charge < -0.3 is 15.3 Å². The minimum atomic E-state index is 0.392. The van der Waals surface area contributed by atoms with Gasteiger partial charge in [-0.25, -0.2) is 0 Å². The molecule has 106 valence electrons. The zero-order valence-electron chi connectivity index (χ0n) is 12.4. The van der Waals surface area contributed by atoms with Crippen molar-refractivity contribution in [2.45, 2.75) is 20.0 Å². The van der Waals surface area contributed by atoms with Gasteiger partial charge in [-0.1, -0.05) is 30.3 Å². The van der Waals surface area contributed by atoms with Crippen LogP contribution < -0.4 is 10.2 Å². The average Bonchev–Trinajstić information content (AvgIpc) is 2.44. The SMILES string of the molecule is Cc1cccc(CNCc2ccc(N(C)C)cc2)c1O. The number of benzene rings is 2. The van der Waals surface area contributed by atoms with Gasteiger partial charge in [-0.05, 0) is 30.2 Å². The molecule has 0 spiro atoms. The molecular formula is C17H22N2O. The highest BCUT2D eigenvalue weighted by Crippen LogP contribution is 2.21. The van der Waals surface area contributed by atoms with Crippen molar-refractivity contribution in [1.82, 2.24) is 5.32 Å². The molecule has 20 heavy (non-hydrogen) atoms. The molecule has 2 N–H and O–H groups in total. The number of aromatic hydroxyl groups is 1. The molecule has 2 aromatic carbocycles. The molecule has 3 heteroatoms. The molecule has 0 amide bonds. The molecule has 0 fully saturated rings. The normalized spacial score (nSPS) is 10.6.